The van der Waals surface area contributed by atoms with Crippen LogP contribution in [0.25, 0.3) is 0 Å². The van der Waals surface area contributed by atoms with Crippen molar-refractivity contribution in [2.75, 3.05) is 18.0 Å². The molecule has 0 aliphatic carbocycles. The molecule has 1 spiro atoms. The molecule has 1 aromatic heterocycles. The normalized spacial score (nSPS) is 19.9. The fourth-order valence-electron chi connectivity index (χ4n) is 4.55. The van der Waals surface area contributed by atoms with Gasteiger partial charge in [-0.15, -0.1) is 0 Å². The number of anilines is 1. The van der Waals surface area contributed by atoms with E-state index in [9.17, 15) is 10.1 Å². The van der Waals surface area contributed by atoms with Crippen molar-refractivity contribution >= 4 is 11.5 Å². The van der Waals surface area contributed by atoms with Gasteiger partial charge in [-0.3, -0.25) is 10.1 Å². The van der Waals surface area contributed by atoms with E-state index in [1.807, 2.05) is 18.2 Å². The maximum absolute atomic E-state index is 11.1. The molecule has 2 aromatic carbocycles. The molecule has 1 atom stereocenters. The predicted molar refractivity (Wildman–Crippen MR) is 110 cm³/mol. The lowest BCUT2D eigenvalue weighted by molar-refractivity contribution is -0.384. The summed E-state index contributed by atoms with van der Waals surface area (Å²) in [7, 11) is 0. The van der Waals surface area contributed by atoms with Gasteiger partial charge >= 0.3 is 0 Å². The fourth-order valence-corrected chi connectivity index (χ4v) is 4.55. The smallest absolute Gasteiger partial charge is 0.274 e. The number of aromatic nitrogens is 1. The summed E-state index contributed by atoms with van der Waals surface area (Å²) in [6, 6.07) is 21.8. The van der Waals surface area contributed by atoms with Crippen LogP contribution in [-0.4, -0.2) is 23.0 Å². The van der Waals surface area contributed by atoms with Crippen LogP contribution in [0.4, 0.5) is 11.5 Å². The van der Waals surface area contributed by atoms with Gasteiger partial charge in [0.1, 0.15) is 11.9 Å². The van der Waals surface area contributed by atoms with E-state index in [1.165, 1.54) is 29.0 Å². The van der Waals surface area contributed by atoms with E-state index in [-0.39, 0.29) is 22.3 Å². The predicted octanol–water partition coefficient (Wildman–Crippen LogP) is 4.61. The highest BCUT2D eigenvalue weighted by molar-refractivity contribution is 5.49. The largest absolute Gasteiger partial charge is 0.357 e. The van der Waals surface area contributed by atoms with E-state index >= 15 is 0 Å². The van der Waals surface area contributed by atoms with Gasteiger partial charge in [0.05, 0.1) is 16.6 Å². The molecule has 6 heteroatoms. The van der Waals surface area contributed by atoms with Gasteiger partial charge in [-0.1, -0.05) is 54.6 Å². The first-order valence-corrected chi connectivity index (χ1v) is 9.84. The molecule has 29 heavy (non-hydrogen) atoms. The van der Waals surface area contributed by atoms with Gasteiger partial charge in [0.15, 0.2) is 0 Å². The molecule has 3 heterocycles. The molecular weight excluding hydrogens is 366 g/mol. The van der Waals surface area contributed by atoms with Crippen molar-refractivity contribution in [3.63, 3.8) is 0 Å². The molecule has 6 nitrogen and oxygen atoms in total. The first kappa shape index (κ1) is 17.8. The third-order valence-corrected chi connectivity index (χ3v) is 6.01. The summed E-state index contributed by atoms with van der Waals surface area (Å²) in [6.45, 7) is 1.48. The Hall–Kier alpha value is -3.25. The van der Waals surface area contributed by atoms with Crippen molar-refractivity contribution in [1.29, 1.82) is 0 Å². The Morgan fingerprint density at radius 2 is 1.76 bits per heavy atom. The van der Waals surface area contributed by atoms with Crippen LogP contribution in [-0.2, 0) is 10.3 Å². The zero-order chi connectivity index (χ0) is 19.8. The summed E-state index contributed by atoms with van der Waals surface area (Å²) in [5, 5.41) is 11.1. The van der Waals surface area contributed by atoms with E-state index in [1.54, 1.807) is 6.07 Å². The summed E-state index contributed by atoms with van der Waals surface area (Å²) < 4.78 is 6.74. The number of nitrogens with zero attached hydrogens (tertiary/aromatic N) is 3. The average molecular weight is 387 g/mol. The van der Waals surface area contributed by atoms with Gasteiger partial charge in [0.25, 0.3) is 5.69 Å². The van der Waals surface area contributed by atoms with Crippen LogP contribution in [0, 0.1) is 10.1 Å². The number of pyridine rings is 1. The Balaban J connectivity index is 1.42. The Kier molecular flexibility index (Phi) is 4.28. The second-order valence-electron chi connectivity index (χ2n) is 7.61. The lowest BCUT2D eigenvalue weighted by Crippen LogP contribution is -2.43. The number of hydrogen-bond donors (Lipinski definition) is 0. The zero-order valence-corrected chi connectivity index (χ0v) is 15.9. The molecule has 146 valence electrons. The molecule has 1 fully saturated rings. The lowest BCUT2D eigenvalue weighted by atomic mass is 9.83. The number of nitro groups is 1. The van der Waals surface area contributed by atoms with Gasteiger partial charge in [-0.05, 0) is 29.5 Å². The maximum atomic E-state index is 11.1. The minimum absolute atomic E-state index is 0.0603. The van der Waals surface area contributed by atoms with Crippen LogP contribution in [0.15, 0.2) is 72.9 Å². The highest BCUT2D eigenvalue weighted by Gasteiger charge is 2.47. The molecule has 5 rings (SSSR count). The zero-order valence-electron chi connectivity index (χ0n) is 15.9. The maximum Gasteiger partial charge on any atom is 0.274 e. The van der Waals surface area contributed by atoms with E-state index in [0.29, 0.717) is 5.82 Å². The number of ether oxygens (including phenoxy) is 1. The molecule has 0 saturated carbocycles. The first-order valence-electron chi connectivity index (χ1n) is 9.84. The highest BCUT2D eigenvalue weighted by Crippen LogP contribution is 2.51. The van der Waals surface area contributed by atoms with E-state index in [4.69, 9.17) is 4.74 Å². The standard InChI is InChI=1S/C23H21N3O3/c27-26(28)18-10-13-24-21(16-18)25-14-11-23(12-15-25)20-9-5-4-8-19(20)22(29-23)17-6-2-1-3-7-17/h1-10,13,16,22H,11-12,14-15H2. The number of benzene rings is 2. The minimum atomic E-state index is -0.378. The topological polar surface area (TPSA) is 68.5 Å². The van der Waals surface area contributed by atoms with Crippen molar-refractivity contribution in [3.8, 4) is 0 Å². The second kappa shape index (κ2) is 6.97. The molecule has 0 radical (unpaired) electrons. The van der Waals surface area contributed by atoms with Gasteiger partial charge in [-0.25, -0.2) is 4.98 Å². The molecule has 1 saturated heterocycles. The van der Waals surface area contributed by atoms with Gasteiger partial charge in [0, 0.05) is 25.4 Å². The fraction of sp³-hybridized carbons (Fsp3) is 0.261. The summed E-state index contributed by atoms with van der Waals surface area (Å²) in [4.78, 5) is 17.2. The molecule has 0 amide bonds. The SMILES string of the molecule is O=[N+]([O-])c1ccnc(N2CCC3(CC2)OC(c2ccccc2)c2ccccc23)c1. The highest BCUT2D eigenvalue weighted by atomic mass is 16.6. The van der Waals surface area contributed by atoms with E-state index in [0.717, 1.165) is 25.9 Å². The van der Waals surface area contributed by atoms with Crippen molar-refractivity contribution in [2.45, 2.75) is 24.5 Å². The molecule has 0 N–H and O–H groups in total. The Morgan fingerprint density at radius 1 is 1.03 bits per heavy atom. The van der Waals surface area contributed by atoms with Gasteiger partial charge in [0.2, 0.25) is 0 Å². The van der Waals surface area contributed by atoms with Crippen LogP contribution < -0.4 is 4.90 Å². The molecule has 3 aromatic rings. The van der Waals surface area contributed by atoms with Crippen molar-refractivity contribution in [2.24, 2.45) is 0 Å². The number of piperidine rings is 1. The van der Waals surface area contributed by atoms with Crippen molar-refractivity contribution in [1.82, 2.24) is 4.98 Å². The Labute approximate surface area is 168 Å². The average Bonchev–Trinajstić information content (AvgIpc) is 3.09. The van der Waals surface area contributed by atoms with Gasteiger partial charge < -0.3 is 9.64 Å². The monoisotopic (exact) mass is 387 g/mol. The van der Waals surface area contributed by atoms with Gasteiger partial charge in [-0.2, -0.15) is 0 Å². The molecule has 2 aliphatic rings. The quantitative estimate of drug-likeness (QED) is 0.485. The third kappa shape index (κ3) is 3.06. The first-order chi connectivity index (χ1) is 14.2. The summed E-state index contributed by atoms with van der Waals surface area (Å²) in [5.41, 5.74) is 3.41. The molecule has 1 unspecified atom stereocenters. The molecule has 2 aliphatic heterocycles. The second-order valence-corrected chi connectivity index (χ2v) is 7.61. The van der Waals surface area contributed by atoms with Crippen LogP contribution in [0.3, 0.4) is 0 Å². The van der Waals surface area contributed by atoms with Crippen molar-refractivity contribution < 1.29 is 9.66 Å². The lowest BCUT2D eigenvalue weighted by Gasteiger charge is -2.40. The summed E-state index contributed by atoms with van der Waals surface area (Å²) in [6.07, 6.45) is 3.08. The molecule has 0 bridgehead atoms. The molecular formula is C23H21N3O3. The van der Waals surface area contributed by atoms with Crippen LogP contribution in [0.2, 0.25) is 0 Å². The number of rotatable bonds is 3. The van der Waals surface area contributed by atoms with Crippen LogP contribution in [0.5, 0.6) is 0 Å². The summed E-state index contributed by atoms with van der Waals surface area (Å²) >= 11 is 0. The Bertz CT molecular complexity index is 1050. The minimum Gasteiger partial charge on any atom is -0.357 e. The van der Waals surface area contributed by atoms with E-state index in [2.05, 4.69) is 46.3 Å². The van der Waals surface area contributed by atoms with Crippen LogP contribution in [0.1, 0.15) is 35.6 Å². The summed E-state index contributed by atoms with van der Waals surface area (Å²) in [5.74, 6) is 0.653. The number of fused-ring (bicyclic) bond motifs is 2. The van der Waals surface area contributed by atoms with E-state index < -0.39 is 0 Å². The van der Waals surface area contributed by atoms with Crippen molar-refractivity contribution in [3.05, 3.63) is 99.7 Å². The number of hydrogen-bond acceptors (Lipinski definition) is 5. The van der Waals surface area contributed by atoms with Crippen LogP contribution >= 0.6 is 0 Å². The Morgan fingerprint density at radius 3 is 2.52 bits per heavy atom. The third-order valence-electron chi connectivity index (χ3n) is 6.01.